The van der Waals surface area contributed by atoms with Gasteiger partial charge in [0.2, 0.25) is 3.79 Å². The molecule has 0 N–H and O–H groups in total. The molecule has 0 amide bonds. The van der Waals surface area contributed by atoms with Crippen LogP contribution in [-0.4, -0.2) is 21.3 Å². The molecule has 0 aliphatic rings. The van der Waals surface area contributed by atoms with Crippen molar-refractivity contribution in [1.29, 1.82) is 0 Å². The van der Waals surface area contributed by atoms with Gasteiger partial charge in [0.15, 0.2) is 0 Å². The van der Waals surface area contributed by atoms with E-state index in [-0.39, 0.29) is 0 Å². The molecule has 0 radical (unpaired) electrons. The Morgan fingerprint density at radius 2 is 2.13 bits per heavy atom. The SMILES string of the molecule is O=CCCCCn1nncc1C(Cl)(Cl)Cl. The zero-order valence-corrected chi connectivity index (χ0v) is 10.1. The lowest BCUT2D eigenvalue weighted by atomic mass is 10.2. The van der Waals surface area contributed by atoms with Crippen molar-refractivity contribution in [3.05, 3.63) is 11.9 Å². The Morgan fingerprint density at radius 1 is 1.40 bits per heavy atom. The van der Waals surface area contributed by atoms with Crippen molar-refractivity contribution in [2.75, 3.05) is 0 Å². The zero-order chi connectivity index (χ0) is 11.3. The summed E-state index contributed by atoms with van der Waals surface area (Å²) in [7, 11) is 0. The fourth-order valence-electron chi connectivity index (χ4n) is 1.13. The number of unbranched alkanes of at least 4 members (excludes halogenated alkanes) is 2. The van der Waals surface area contributed by atoms with Gasteiger partial charge in [-0.05, 0) is 12.8 Å². The van der Waals surface area contributed by atoms with Crippen molar-refractivity contribution >= 4 is 41.1 Å². The second-order valence-corrected chi connectivity index (χ2v) is 5.28. The van der Waals surface area contributed by atoms with Gasteiger partial charge in [0.25, 0.3) is 0 Å². The van der Waals surface area contributed by atoms with E-state index < -0.39 is 3.79 Å². The van der Waals surface area contributed by atoms with Crippen LogP contribution in [0, 0.1) is 0 Å². The summed E-state index contributed by atoms with van der Waals surface area (Å²) in [4.78, 5) is 10.1. The molecule has 1 aromatic heterocycles. The number of rotatable bonds is 5. The van der Waals surface area contributed by atoms with Gasteiger partial charge in [0.1, 0.15) is 12.0 Å². The molecule has 0 saturated heterocycles. The normalized spacial score (nSPS) is 11.7. The van der Waals surface area contributed by atoms with E-state index in [0.29, 0.717) is 18.7 Å². The minimum atomic E-state index is -1.51. The first kappa shape index (κ1) is 12.7. The van der Waals surface area contributed by atoms with E-state index in [4.69, 9.17) is 34.8 Å². The van der Waals surface area contributed by atoms with Gasteiger partial charge in [0.05, 0.1) is 6.20 Å². The molecule has 1 aromatic rings. The third-order valence-corrected chi connectivity index (χ3v) is 2.43. The standard InChI is InChI=1S/C8H10Cl3N3O/c9-8(10,11)7-6-12-13-14(7)4-2-1-3-5-15/h5-6H,1-4H2. The lowest BCUT2D eigenvalue weighted by molar-refractivity contribution is -0.107. The first-order valence-electron chi connectivity index (χ1n) is 4.45. The van der Waals surface area contributed by atoms with E-state index in [0.717, 1.165) is 19.1 Å². The summed E-state index contributed by atoms with van der Waals surface area (Å²) in [6.45, 7) is 0.594. The first-order chi connectivity index (χ1) is 7.05. The Morgan fingerprint density at radius 3 is 2.73 bits per heavy atom. The predicted molar refractivity (Wildman–Crippen MR) is 59.2 cm³/mol. The van der Waals surface area contributed by atoms with Gasteiger partial charge >= 0.3 is 0 Å². The Hall–Kier alpha value is -0.320. The van der Waals surface area contributed by atoms with Crippen molar-refractivity contribution in [2.24, 2.45) is 0 Å². The summed E-state index contributed by atoms with van der Waals surface area (Å²) in [5.74, 6) is 0. The highest BCUT2D eigenvalue weighted by molar-refractivity contribution is 6.66. The fraction of sp³-hybridized carbons (Fsp3) is 0.625. The second kappa shape index (κ2) is 5.68. The van der Waals surface area contributed by atoms with Crippen molar-refractivity contribution in [1.82, 2.24) is 15.0 Å². The number of carbonyl (C=O) groups is 1. The summed E-state index contributed by atoms with van der Waals surface area (Å²) in [6.07, 6.45) is 4.44. The van der Waals surface area contributed by atoms with E-state index in [1.54, 1.807) is 0 Å². The molecule has 0 unspecified atom stereocenters. The summed E-state index contributed by atoms with van der Waals surface area (Å²) in [5.41, 5.74) is 0.443. The summed E-state index contributed by atoms with van der Waals surface area (Å²) >= 11 is 17.2. The predicted octanol–water partition coefficient (Wildman–Crippen LogP) is 2.47. The van der Waals surface area contributed by atoms with Crippen LogP contribution in [0.2, 0.25) is 0 Å². The van der Waals surface area contributed by atoms with E-state index in [2.05, 4.69) is 10.3 Å². The van der Waals surface area contributed by atoms with Crippen molar-refractivity contribution in [3.63, 3.8) is 0 Å². The molecule has 0 aromatic carbocycles. The number of alkyl halides is 3. The highest BCUT2D eigenvalue weighted by Gasteiger charge is 2.27. The van der Waals surface area contributed by atoms with E-state index in [1.165, 1.54) is 10.9 Å². The van der Waals surface area contributed by atoms with Crippen molar-refractivity contribution in [3.8, 4) is 0 Å². The van der Waals surface area contributed by atoms with Gasteiger partial charge in [-0.2, -0.15) is 0 Å². The molecule has 0 bridgehead atoms. The maximum atomic E-state index is 10.1. The van der Waals surface area contributed by atoms with Crippen LogP contribution < -0.4 is 0 Å². The molecule has 0 aliphatic heterocycles. The van der Waals surface area contributed by atoms with Crippen LogP contribution in [0.5, 0.6) is 0 Å². The van der Waals surface area contributed by atoms with Crippen LogP contribution in [0.25, 0.3) is 0 Å². The average molecular weight is 271 g/mol. The third-order valence-electron chi connectivity index (χ3n) is 1.85. The zero-order valence-electron chi connectivity index (χ0n) is 7.87. The number of hydrogen-bond acceptors (Lipinski definition) is 3. The maximum absolute atomic E-state index is 10.1. The number of hydrogen-bond donors (Lipinski definition) is 0. The van der Waals surface area contributed by atoms with Gasteiger partial charge in [0, 0.05) is 13.0 Å². The molecule has 7 heteroatoms. The van der Waals surface area contributed by atoms with Crippen LogP contribution in [0.4, 0.5) is 0 Å². The maximum Gasteiger partial charge on any atom is 0.233 e. The fourth-order valence-corrected chi connectivity index (χ4v) is 1.57. The van der Waals surface area contributed by atoms with Crippen LogP contribution in [0.1, 0.15) is 25.0 Å². The van der Waals surface area contributed by atoms with Gasteiger partial charge in [-0.15, -0.1) is 5.10 Å². The van der Waals surface area contributed by atoms with Gasteiger partial charge in [-0.3, -0.25) is 0 Å². The van der Waals surface area contributed by atoms with Crippen LogP contribution in [-0.2, 0) is 15.1 Å². The van der Waals surface area contributed by atoms with Gasteiger partial charge < -0.3 is 4.79 Å². The molecule has 1 heterocycles. The van der Waals surface area contributed by atoms with Crippen LogP contribution >= 0.6 is 34.8 Å². The van der Waals surface area contributed by atoms with E-state index >= 15 is 0 Å². The lowest BCUT2D eigenvalue weighted by Gasteiger charge is -2.11. The summed E-state index contributed by atoms with van der Waals surface area (Å²) < 4.78 is 0.0337. The second-order valence-electron chi connectivity index (χ2n) is 3.00. The smallest absolute Gasteiger partial charge is 0.233 e. The molecule has 84 valence electrons. The Labute approximate surface area is 102 Å². The van der Waals surface area contributed by atoms with Crippen LogP contribution in [0.15, 0.2) is 6.20 Å². The average Bonchev–Trinajstić information content (AvgIpc) is 2.59. The Bertz CT molecular complexity index is 321. The minimum absolute atomic E-state index is 0.443. The molecular weight excluding hydrogens is 260 g/mol. The molecule has 0 aliphatic carbocycles. The monoisotopic (exact) mass is 269 g/mol. The molecule has 15 heavy (non-hydrogen) atoms. The molecule has 0 atom stereocenters. The molecule has 0 fully saturated rings. The molecular formula is C8H10Cl3N3O. The first-order valence-corrected chi connectivity index (χ1v) is 5.58. The van der Waals surface area contributed by atoms with Crippen LogP contribution in [0.3, 0.4) is 0 Å². The number of nitrogens with zero attached hydrogens (tertiary/aromatic N) is 3. The highest BCUT2D eigenvalue weighted by Crippen LogP contribution is 2.37. The number of halogens is 3. The topological polar surface area (TPSA) is 47.8 Å². The summed E-state index contributed by atoms with van der Waals surface area (Å²) in [6, 6.07) is 0. The van der Waals surface area contributed by atoms with Crippen molar-refractivity contribution in [2.45, 2.75) is 29.6 Å². The highest BCUT2D eigenvalue weighted by atomic mass is 35.6. The quantitative estimate of drug-likeness (QED) is 0.469. The van der Waals surface area contributed by atoms with Crippen molar-refractivity contribution < 1.29 is 4.79 Å². The Kier molecular flexibility index (Phi) is 4.83. The third kappa shape index (κ3) is 3.97. The number of aldehydes is 1. The van der Waals surface area contributed by atoms with E-state index in [9.17, 15) is 4.79 Å². The number of carbonyl (C=O) groups excluding carboxylic acids is 1. The molecule has 4 nitrogen and oxygen atoms in total. The molecule has 0 saturated carbocycles. The Balaban J connectivity index is 2.54. The number of aryl methyl sites for hydroxylation is 1. The lowest BCUT2D eigenvalue weighted by Crippen LogP contribution is -2.12. The molecule has 0 spiro atoms. The largest absolute Gasteiger partial charge is 0.303 e. The van der Waals surface area contributed by atoms with E-state index in [1.807, 2.05) is 0 Å². The number of aromatic nitrogens is 3. The summed E-state index contributed by atoms with van der Waals surface area (Å²) in [5, 5.41) is 7.48. The molecule has 1 rings (SSSR count). The minimum Gasteiger partial charge on any atom is -0.303 e. The van der Waals surface area contributed by atoms with Gasteiger partial charge in [-0.1, -0.05) is 40.0 Å². The van der Waals surface area contributed by atoms with Gasteiger partial charge in [-0.25, -0.2) is 4.68 Å².